The summed E-state index contributed by atoms with van der Waals surface area (Å²) in [5, 5.41) is 6.69. The molecule has 2 rings (SSSR count). The molecule has 8 heteroatoms. The van der Waals surface area contributed by atoms with Gasteiger partial charge in [0.15, 0.2) is 5.11 Å². The molecule has 160 valence electrons. The Morgan fingerprint density at radius 2 is 1.79 bits per heavy atom. The van der Waals surface area contributed by atoms with Crippen molar-refractivity contribution < 1.29 is 9.59 Å². The summed E-state index contributed by atoms with van der Waals surface area (Å²) in [6.07, 6.45) is 1.25. The maximum atomic E-state index is 12.2. The summed E-state index contributed by atoms with van der Waals surface area (Å²) in [7, 11) is 0. The molecular formula is C21H31ClN4O2S. The van der Waals surface area contributed by atoms with Crippen LogP contribution in [0.2, 0.25) is 5.02 Å². The van der Waals surface area contributed by atoms with Gasteiger partial charge in [0.1, 0.15) is 0 Å². The fourth-order valence-electron chi connectivity index (χ4n) is 3.18. The quantitative estimate of drug-likeness (QED) is 0.659. The Labute approximate surface area is 184 Å². The monoisotopic (exact) mass is 438 g/mol. The van der Waals surface area contributed by atoms with Crippen molar-refractivity contribution in [3.8, 4) is 0 Å². The van der Waals surface area contributed by atoms with Gasteiger partial charge in [-0.3, -0.25) is 9.59 Å². The summed E-state index contributed by atoms with van der Waals surface area (Å²) >= 11 is 11.5. The normalized spacial score (nSPS) is 14.3. The van der Waals surface area contributed by atoms with E-state index in [0.29, 0.717) is 30.5 Å². The van der Waals surface area contributed by atoms with Gasteiger partial charge in [0.25, 0.3) is 0 Å². The highest BCUT2D eigenvalue weighted by atomic mass is 35.5. The van der Waals surface area contributed by atoms with Gasteiger partial charge in [-0.05, 0) is 42.8 Å². The van der Waals surface area contributed by atoms with Gasteiger partial charge in [0, 0.05) is 43.5 Å². The lowest BCUT2D eigenvalue weighted by molar-refractivity contribution is -0.134. The molecule has 0 saturated carbocycles. The van der Waals surface area contributed by atoms with Crippen LogP contribution in [0.5, 0.6) is 0 Å². The topological polar surface area (TPSA) is 64.7 Å². The van der Waals surface area contributed by atoms with E-state index in [1.807, 2.05) is 30.9 Å². The molecule has 1 aliphatic heterocycles. The summed E-state index contributed by atoms with van der Waals surface area (Å²) < 4.78 is 0. The van der Waals surface area contributed by atoms with E-state index in [0.717, 1.165) is 30.9 Å². The lowest BCUT2D eigenvalue weighted by Gasteiger charge is -2.37. The van der Waals surface area contributed by atoms with Crippen LogP contribution in [0.15, 0.2) is 18.2 Å². The van der Waals surface area contributed by atoms with Gasteiger partial charge in [-0.15, -0.1) is 0 Å². The largest absolute Gasteiger partial charge is 0.366 e. The van der Waals surface area contributed by atoms with Crippen molar-refractivity contribution in [1.82, 2.24) is 10.2 Å². The molecule has 0 bridgehead atoms. The van der Waals surface area contributed by atoms with Gasteiger partial charge < -0.3 is 20.4 Å². The van der Waals surface area contributed by atoms with Gasteiger partial charge in [-0.25, -0.2) is 0 Å². The summed E-state index contributed by atoms with van der Waals surface area (Å²) in [4.78, 5) is 28.4. The van der Waals surface area contributed by atoms with E-state index in [-0.39, 0.29) is 22.8 Å². The van der Waals surface area contributed by atoms with Crippen molar-refractivity contribution in [3.05, 3.63) is 23.2 Å². The Bertz CT molecular complexity index is 746. The maximum absolute atomic E-state index is 12.2. The molecule has 0 aliphatic carbocycles. The number of nitrogens with zero attached hydrogens (tertiary/aromatic N) is 2. The van der Waals surface area contributed by atoms with Crippen LogP contribution < -0.4 is 15.5 Å². The first-order valence-electron chi connectivity index (χ1n) is 10.1. The van der Waals surface area contributed by atoms with Gasteiger partial charge in [-0.1, -0.05) is 39.3 Å². The fourth-order valence-corrected chi connectivity index (χ4v) is 3.58. The third-order valence-electron chi connectivity index (χ3n) is 4.83. The number of carbonyl (C=O) groups is 2. The summed E-state index contributed by atoms with van der Waals surface area (Å²) in [5.74, 6) is 0.555. The number of benzene rings is 1. The van der Waals surface area contributed by atoms with Crippen LogP contribution in [0.3, 0.4) is 0 Å². The number of piperazine rings is 1. The van der Waals surface area contributed by atoms with Crippen LogP contribution in [-0.4, -0.2) is 48.0 Å². The molecule has 0 spiro atoms. The number of carbonyl (C=O) groups excluding carboxylic acids is 2. The minimum Gasteiger partial charge on any atom is -0.366 e. The standard InChI is InChI=1S/C21H31ClN4O2S/c1-14(2)5-8-19(27)24-21(29)23-17-13-16(22)6-7-18(17)25-9-11-26(12-10-25)20(28)15(3)4/h6-7,13-15H,5,8-12H2,1-4H3,(H2,23,24,27,29). The van der Waals surface area contributed by atoms with Crippen LogP contribution in [-0.2, 0) is 9.59 Å². The minimum atomic E-state index is -0.0967. The first kappa shape index (κ1) is 23.4. The second-order valence-electron chi connectivity index (χ2n) is 8.06. The number of amides is 2. The van der Waals surface area contributed by atoms with Gasteiger partial charge >= 0.3 is 0 Å². The molecule has 1 saturated heterocycles. The third kappa shape index (κ3) is 7.16. The number of hydrogen-bond acceptors (Lipinski definition) is 4. The summed E-state index contributed by atoms with van der Waals surface area (Å²) in [6.45, 7) is 10.8. The van der Waals surface area contributed by atoms with Crippen LogP contribution in [0.4, 0.5) is 11.4 Å². The number of hydrogen-bond donors (Lipinski definition) is 2. The predicted molar refractivity (Wildman–Crippen MR) is 124 cm³/mol. The highest BCUT2D eigenvalue weighted by Gasteiger charge is 2.24. The van der Waals surface area contributed by atoms with Crippen molar-refractivity contribution in [1.29, 1.82) is 0 Å². The molecule has 1 aromatic rings. The van der Waals surface area contributed by atoms with Crippen LogP contribution in [0.1, 0.15) is 40.5 Å². The second kappa shape index (κ2) is 10.8. The Morgan fingerprint density at radius 1 is 1.14 bits per heavy atom. The SMILES string of the molecule is CC(C)CCC(=O)NC(=S)Nc1cc(Cl)ccc1N1CCN(C(=O)C(C)C)CC1. The van der Waals surface area contributed by atoms with E-state index in [4.69, 9.17) is 23.8 Å². The molecule has 0 aromatic heterocycles. The van der Waals surface area contributed by atoms with E-state index in [2.05, 4.69) is 29.4 Å². The number of nitrogens with one attached hydrogen (secondary N) is 2. The molecule has 29 heavy (non-hydrogen) atoms. The summed E-state index contributed by atoms with van der Waals surface area (Å²) in [5.41, 5.74) is 1.69. The van der Waals surface area contributed by atoms with E-state index >= 15 is 0 Å². The molecule has 2 amide bonds. The van der Waals surface area contributed by atoms with E-state index in [1.165, 1.54) is 0 Å². The number of halogens is 1. The highest BCUT2D eigenvalue weighted by molar-refractivity contribution is 7.80. The Hall–Kier alpha value is -1.86. The first-order chi connectivity index (χ1) is 13.7. The zero-order valence-electron chi connectivity index (χ0n) is 17.6. The second-order valence-corrected chi connectivity index (χ2v) is 8.91. The molecule has 0 atom stereocenters. The van der Waals surface area contributed by atoms with Crippen molar-refractivity contribution >= 4 is 52.1 Å². The zero-order chi connectivity index (χ0) is 21.6. The highest BCUT2D eigenvalue weighted by Crippen LogP contribution is 2.30. The van der Waals surface area contributed by atoms with Gasteiger partial charge in [-0.2, -0.15) is 0 Å². The van der Waals surface area contributed by atoms with E-state index in [9.17, 15) is 9.59 Å². The number of rotatable bonds is 6. The van der Waals surface area contributed by atoms with Gasteiger partial charge in [0.2, 0.25) is 11.8 Å². The zero-order valence-corrected chi connectivity index (χ0v) is 19.2. The van der Waals surface area contributed by atoms with E-state index in [1.54, 1.807) is 6.07 Å². The molecule has 1 heterocycles. The Balaban J connectivity index is 2.02. The molecule has 0 radical (unpaired) electrons. The number of anilines is 2. The van der Waals surface area contributed by atoms with Crippen molar-refractivity contribution in [2.45, 2.75) is 40.5 Å². The fraction of sp³-hybridized carbons (Fsp3) is 0.571. The minimum absolute atomic E-state index is 0.00555. The van der Waals surface area contributed by atoms with Gasteiger partial charge in [0.05, 0.1) is 11.4 Å². The molecular weight excluding hydrogens is 408 g/mol. The molecule has 0 unspecified atom stereocenters. The first-order valence-corrected chi connectivity index (χ1v) is 10.9. The molecule has 2 N–H and O–H groups in total. The van der Waals surface area contributed by atoms with Crippen molar-refractivity contribution in [2.24, 2.45) is 11.8 Å². The average Bonchev–Trinajstić information content (AvgIpc) is 2.66. The van der Waals surface area contributed by atoms with Crippen LogP contribution in [0.25, 0.3) is 0 Å². The average molecular weight is 439 g/mol. The maximum Gasteiger partial charge on any atom is 0.226 e. The van der Waals surface area contributed by atoms with Crippen LogP contribution in [0, 0.1) is 11.8 Å². The van der Waals surface area contributed by atoms with Crippen molar-refractivity contribution in [3.63, 3.8) is 0 Å². The van der Waals surface area contributed by atoms with E-state index < -0.39 is 0 Å². The Kier molecular flexibility index (Phi) is 8.71. The number of thiocarbonyl (C=S) groups is 1. The molecule has 1 aliphatic rings. The summed E-state index contributed by atoms with van der Waals surface area (Å²) in [6, 6.07) is 5.57. The molecule has 1 fully saturated rings. The Morgan fingerprint density at radius 3 is 2.38 bits per heavy atom. The molecule has 6 nitrogen and oxygen atoms in total. The smallest absolute Gasteiger partial charge is 0.226 e. The molecule has 1 aromatic carbocycles. The van der Waals surface area contributed by atoms with Crippen molar-refractivity contribution in [2.75, 3.05) is 36.4 Å². The lowest BCUT2D eigenvalue weighted by atomic mass is 10.1. The van der Waals surface area contributed by atoms with Crippen LogP contribution >= 0.6 is 23.8 Å². The lowest BCUT2D eigenvalue weighted by Crippen LogP contribution is -2.50. The third-order valence-corrected chi connectivity index (χ3v) is 5.27. The predicted octanol–water partition coefficient (Wildman–Crippen LogP) is 3.89.